The molecule has 0 bridgehead atoms. The molecule has 1 aromatic heterocycles. The van der Waals surface area contributed by atoms with Gasteiger partial charge in [0.15, 0.2) is 12.4 Å². The van der Waals surface area contributed by atoms with Crippen LogP contribution in [0.15, 0.2) is 53.1 Å². The van der Waals surface area contributed by atoms with Crippen LogP contribution in [0.5, 0.6) is 5.75 Å². The molecule has 0 saturated carbocycles. The zero-order chi connectivity index (χ0) is 17.6. The number of nitrogens with one attached hydrogen (secondary N) is 1. The Balaban J connectivity index is 1.62. The minimum Gasteiger partial charge on any atom is -0.484 e. The lowest BCUT2D eigenvalue weighted by Crippen LogP contribution is -2.20. The summed E-state index contributed by atoms with van der Waals surface area (Å²) >= 11 is 0. The lowest BCUT2D eigenvalue weighted by molar-refractivity contribution is -0.118. The molecule has 0 unspecified atom stereocenters. The van der Waals surface area contributed by atoms with Crippen molar-refractivity contribution in [1.29, 1.82) is 0 Å². The molecule has 0 aliphatic carbocycles. The molecule has 6 heteroatoms. The van der Waals surface area contributed by atoms with Crippen molar-refractivity contribution in [2.24, 2.45) is 0 Å². The monoisotopic (exact) mass is 337 g/mol. The Morgan fingerprint density at radius 1 is 1.20 bits per heavy atom. The maximum Gasteiger partial charge on any atom is 0.262 e. The van der Waals surface area contributed by atoms with Crippen LogP contribution in [0.4, 0.5) is 5.69 Å². The summed E-state index contributed by atoms with van der Waals surface area (Å²) < 4.78 is 10.8. The molecule has 25 heavy (non-hydrogen) atoms. The highest BCUT2D eigenvalue weighted by Crippen LogP contribution is 2.22. The van der Waals surface area contributed by atoms with Gasteiger partial charge in [0, 0.05) is 17.7 Å². The smallest absolute Gasteiger partial charge is 0.262 e. The minimum absolute atomic E-state index is 0.0815. The van der Waals surface area contributed by atoms with Crippen LogP contribution in [0, 0.1) is 6.92 Å². The highest BCUT2D eigenvalue weighted by Gasteiger charge is 2.10. The standard InChI is InChI=1S/C19H19N3O3/c1-3-17-21-19(25-22-17)14-8-6-9-15(11-14)24-12-18(23)20-16-10-5-4-7-13(16)2/h4-11H,3,12H2,1-2H3,(H,20,23). The van der Waals surface area contributed by atoms with Gasteiger partial charge in [-0.3, -0.25) is 4.79 Å². The van der Waals surface area contributed by atoms with E-state index in [0.717, 1.165) is 16.8 Å². The Kier molecular flexibility index (Phi) is 5.09. The molecule has 3 rings (SSSR count). The second-order valence-electron chi connectivity index (χ2n) is 5.55. The van der Waals surface area contributed by atoms with Gasteiger partial charge in [-0.15, -0.1) is 0 Å². The molecule has 1 heterocycles. The molecular formula is C19H19N3O3. The van der Waals surface area contributed by atoms with Crippen LogP contribution >= 0.6 is 0 Å². The third-order valence-electron chi connectivity index (χ3n) is 3.65. The van der Waals surface area contributed by atoms with Crippen molar-refractivity contribution >= 4 is 11.6 Å². The van der Waals surface area contributed by atoms with Crippen LogP contribution in [0.1, 0.15) is 18.3 Å². The molecule has 1 N–H and O–H groups in total. The Morgan fingerprint density at radius 2 is 2.04 bits per heavy atom. The van der Waals surface area contributed by atoms with Crippen LogP contribution in [0.3, 0.4) is 0 Å². The normalized spacial score (nSPS) is 10.5. The van der Waals surface area contributed by atoms with Crippen molar-refractivity contribution in [3.05, 3.63) is 59.9 Å². The Hall–Kier alpha value is -3.15. The zero-order valence-electron chi connectivity index (χ0n) is 14.2. The molecule has 2 aromatic carbocycles. The van der Waals surface area contributed by atoms with Gasteiger partial charge in [0.1, 0.15) is 5.75 Å². The Bertz CT molecular complexity index is 874. The van der Waals surface area contributed by atoms with Gasteiger partial charge in [-0.2, -0.15) is 4.98 Å². The van der Waals surface area contributed by atoms with Crippen LogP contribution in [0.25, 0.3) is 11.5 Å². The highest BCUT2D eigenvalue weighted by atomic mass is 16.5. The number of nitrogens with zero attached hydrogens (tertiary/aromatic N) is 2. The second-order valence-corrected chi connectivity index (χ2v) is 5.55. The first-order chi connectivity index (χ1) is 12.2. The summed E-state index contributed by atoms with van der Waals surface area (Å²) in [5, 5.41) is 6.71. The number of para-hydroxylation sites is 1. The summed E-state index contributed by atoms with van der Waals surface area (Å²) in [5.41, 5.74) is 2.53. The first-order valence-electron chi connectivity index (χ1n) is 8.07. The van der Waals surface area contributed by atoms with Gasteiger partial charge < -0.3 is 14.6 Å². The van der Waals surface area contributed by atoms with Crippen molar-refractivity contribution in [3.8, 4) is 17.2 Å². The maximum atomic E-state index is 12.1. The Labute approximate surface area is 145 Å². The predicted molar refractivity (Wildman–Crippen MR) is 94.4 cm³/mol. The summed E-state index contributed by atoms with van der Waals surface area (Å²) in [4.78, 5) is 16.3. The fourth-order valence-corrected chi connectivity index (χ4v) is 2.28. The van der Waals surface area contributed by atoms with Crippen LogP contribution < -0.4 is 10.1 Å². The average Bonchev–Trinajstić information content (AvgIpc) is 3.11. The molecule has 0 atom stereocenters. The van der Waals surface area contributed by atoms with E-state index in [-0.39, 0.29) is 12.5 Å². The van der Waals surface area contributed by atoms with Gasteiger partial charge in [-0.1, -0.05) is 36.3 Å². The number of aromatic nitrogens is 2. The van der Waals surface area contributed by atoms with Gasteiger partial charge >= 0.3 is 0 Å². The summed E-state index contributed by atoms with van der Waals surface area (Å²) in [6, 6.07) is 14.8. The lowest BCUT2D eigenvalue weighted by Gasteiger charge is -2.09. The van der Waals surface area contributed by atoms with E-state index in [9.17, 15) is 4.79 Å². The number of amides is 1. The fourth-order valence-electron chi connectivity index (χ4n) is 2.28. The minimum atomic E-state index is -0.217. The topological polar surface area (TPSA) is 77.2 Å². The van der Waals surface area contributed by atoms with Crippen LogP contribution in [-0.2, 0) is 11.2 Å². The van der Waals surface area contributed by atoms with Gasteiger partial charge in [0.25, 0.3) is 11.8 Å². The first kappa shape index (κ1) is 16.7. The summed E-state index contributed by atoms with van der Waals surface area (Å²) in [5.74, 6) is 1.44. The number of anilines is 1. The highest BCUT2D eigenvalue weighted by molar-refractivity contribution is 5.92. The molecule has 3 aromatic rings. The molecule has 0 fully saturated rings. The number of hydrogen-bond donors (Lipinski definition) is 1. The van der Waals surface area contributed by atoms with E-state index in [2.05, 4.69) is 15.5 Å². The molecule has 0 aliphatic heterocycles. The van der Waals surface area contributed by atoms with E-state index in [1.807, 2.05) is 50.2 Å². The fraction of sp³-hybridized carbons (Fsp3) is 0.211. The molecule has 0 spiro atoms. The third kappa shape index (κ3) is 4.23. The SMILES string of the molecule is CCc1noc(-c2cccc(OCC(=O)Nc3ccccc3C)c2)n1. The third-order valence-corrected chi connectivity index (χ3v) is 3.65. The van der Waals surface area contributed by atoms with Gasteiger partial charge in [0.05, 0.1) is 0 Å². The second kappa shape index (κ2) is 7.61. The van der Waals surface area contributed by atoms with Crippen molar-refractivity contribution in [3.63, 3.8) is 0 Å². The number of carbonyl (C=O) groups excluding carboxylic acids is 1. The predicted octanol–water partition coefficient (Wildman–Crippen LogP) is 3.62. The van der Waals surface area contributed by atoms with Crippen molar-refractivity contribution in [2.75, 3.05) is 11.9 Å². The number of aryl methyl sites for hydroxylation is 2. The van der Waals surface area contributed by atoms with Crippen LogP contribution in [-0.4, -0.2) is 22.7 Å². The van der Waals surface area contributed by atoms with Crippen molar-refractivity contribution < 1.29 is 14.1 Å². The largest absolute Gasteiger partial charge is 0.484 e. The number of hydrogen-bond acceptors (Lipinski definition) is 5. The molecule has 0 radical (unpaired) electrons. The van der Waals surface area contributed by atoms with Crippen molar-refractivity contribution in [1.82, 2.24) is 10.1 Å². The van der Waals surface area contributed by atoms with E-state index >= 15 is 0 Å². The molecule has 0 aliphatic rings. The number of rotatable bonds is 6. The van der Waals surface area contributed by atoms with Gasteiger partial charge in [-0.25, -0.2) is 0 Å². The number of ether oxygens (including phenoxy) is 1. The van der Waals surface area contributed by atoms with E-state index < -0.39 is 0 Å². The average molecular weight is 337 g/mol. The molecule has 6 nitrogen and oxygen atoms in total. The number of benzene rings is 2. The number of carbonyl (C=O) groups is 1. The quantitative estimate of drug-likeness (QED) is 0.743. The zero-order valence-corrected chi connectivity index (χ0v) is 14.2. The van der Waals surface area contributed by atoms with Gasteiger partial charge in [-0.05, 0) is 36.8 Å². The van der Waals surface area contributed by atoms with Gasteiger partial charge in [0.2, 0.25) is 0 Å². The summed E-state index contributed by atoms with van der Waals surface area (Å²) in [6.07, 6.45) is 0.707. The van der Waals surface area contributed by atoms with E-state index in [1.165, 1.54) is 0 Å². The molecule has 128 valence electrons. The van der Waals surface area contributed by atoms with E-state index in [0.29, 0.717) is 23.9 Å². The molecule has 0 saturated heterocycles. The van der Waals surface area contributed by atoms with E-state index in [4.69, 9.17) is 9.26 Å². The molecule has 1 amide bonds. The lowest BCUT2D eigenvalue weighted by atomic mass is 10.2. The van der Waals surface area contributed by atoms with Crippen molar-refractivity contribution in [2.45, 2.75) is 20.3 Å². The van der Waals surface area contributed by atoms with E-state index in [1.54, 1.807) is 12.1 Å². The maximum absolute atomic E-state index is 12.1. The summed E-state index contributed by atoms with van der Waals surface area (Å²) in [7, 11) is 0. The summed E-state index contributed by atoms with van der Waals surface area (Å²) in [6.45, 7) is 3.82. The Morgan fingerprint density at radius 3 is 2.80 bits per heavy atom. The van der Waals surface area contributed by atoms with Crippen LogP contribution in [0.2, 0.25) is 0 Å². The molecular weight excluding hydrogens is 318 g/mol. The first-order valence-corrected chi connectivity index (χ1v) is 8.07.